The molecule has 1 aliphatic heterocycles. The van der Waals surface area contributed by atoms with Gasteiger partial charge in [-0.1, -0.05) is 34.1 Å². The number of methoxy groups -OCH3 is 1. The van der Waals surface area contributed by atoms with Crippen LogP contribution < -0.4 is 19.5 Å². The van der Waals surface area contributed by atoms with Gasteiger partial charge in [-0.2, -0.15) is 0 Å². The number of amides is 1. The van der Waals surface area contributed by atoms with Crippen molar-refractivity contribution in [3.63, 3.8) is 0 Å². The maximum Gasteiger partial charge on any atom is 0.255 e. The van der Waals surface area contributed by atoms with E-state index in [0.717, 1.165) is 0 Å². The fraction of sp³-hybridized carbons (Fsp3) is 0.130. The molecule has 152 valence electrons. The lowest BCUT2D eigenvalue weighted by Gasteiger charge is -2.21. The predicted octanol–water partition coefficient (Wildman–Crippen LogP) is 4.71. The van der Waals surface area contributed by atoms with Crippen LogP contribution in [-0.4, -0.2) is 32.0 Å². The molecule has 0 spiro atoms. The van der Waals surface area contributed by atoms with Crippen LogP contribution >= 0.6 is 15.9 Å². The predicted molar refractivity (Wildman–Crippen MR) is 116 cm³/mol. The van der Waals surface area contributed by atoms with Crippen LogP contribution in [0.2, 0.25) is 0 Å². The Labute approximate surface area is 181 Å². The molecule has 7 heteroatoms. The van der Waals surface area contributed by atoms with Crippen molar-refractivity contribution in [1.82, 2.24) is 0 Å². The fourth-order valence-corrected chi connectivity index (χ4v) is 3.59. The molecule has 3 aromatic carbocycles. The van der Waals surface area contributed by atoms with E-state index >= 15 is 0 Å². The summed E-state index contributed by atoms with van der Waals surface area (Å²) in [5.74, 6) is 0.892. The quantitative estimate of drug-likeness (QED) is 0.549. The van der Waals surface area contributed by atoms with Gasteiger partial charge < -0.3 is 19.5 Å². The van der Waals surface area contributed by atoms with Crippen LogP contribution in [0.1, 0.15) is 26.3 Å². The number of ether oxygens (including phenoxy) is 3. The van der Waals surface area contributed by atoms with Gasteiger partial charge in [0.1, 0.15) is 19.0 Å². The Balaban J connectivity index is 1.75. The lowest BCUT2D eigenvalue weighted by Crippen LogP contribution is -2.19. The molecule has 0 unspecified atom stereocenters. The highest BCUT2D eigenvalue weighted by Gasteiger charge is 2.23. The lowest BCUT2D eigenvalue weighted by molar-refractivity contribution is 0.102. The van der Waals surface area contributed by atoms with Gasteiger partial charge in [0, 0.05) is 21.7 Å². The standard InChI is InChI=1S/C23H18BrNO5/c1-28-15-6-4-5-14(11-15)23(27)25-19-13-21-20(29-9-10-30-21)12-17(19)22(26)16-7-2-3-8-18(16)24/h2-8,11-13H,9-10H2,1H3,(H,25,27). The molecule has 4 rings (SSSR count). The Morgan fingerprint density at radius 2 is 1.67 bits per heavy atom. The molecule has 30 heavy (non-hydrogen) atoms. The van der Waals surface area contributed by atoms with Crippen molar-refractivity contribution in [3.8, 4) is 17.2 Å². The Morgan fingerprint density at radius 1 is 0.933 bits per heavy atom. The fourth-order valence-electron chi connectivity index (χ4n) is 3.13. The van der Waals surface area contributed by atoms with E-state index in [4.69, 9.17) is 14.2 Å². The number of halogens is 1. The number of carbonyl (C=O) groups excluding carboxylic acids is 2. The molecule has 1 aliphatic rings. The van der Waals surface area contributed by atoms with E-state index in [9.17, 15) is 9.59 Å². The third-order valence-corrected chi connectivity index (χ3v) is 5.32. The number of benzene rings is 3. The number of anilines is 1. The Kier molecular flexibility index (Phi) is 5.72. The van der Waals surface area contributed by atoms with Crippen molar-refractivity contribution < 1.29 is 23.8 Å². The summed E-state index contributed by atoms with van der Waals surface area (Å²) in [5, 5.41) is 2.83. The smallest absolute Gasteiger partial charge is 0.255 e. The second-order valence-corrected chi connectivity index (χ2v) is 7.39. The van der Waals surface area contributed by atoms with E-state index < -0.39 is 0 Å². The monoisotopic (exact) mass is 467 g/mol. The number of carbonyl (C=O) groups is 2. The van der Waals surface area contributed by atoms with Gasteiger partial charge in [0.15, 0.2) is 17.3 Å². The molecule has 1 heterocycles. The third-order valence-electron chi connectivity index (χ3n) is 4.63. The zero-order valence-corrected chi connectivity index (χ0v) is 17.7. The van der Waals surface area contributed by atoms with Crippen LogP contribution in [0.15, 0.2) is 65.1 Å². The van der Waals surface area contributed by atoms with Crippen molar-refractivity contribution >= 4 is 33.3 Å². The van der Waals surface area contributed by atoms with E-state index in [0.29, 0.717) is 57.3 Å². The minimum atomic E-state index is -0.369. The molecule has 1 amide bonds. The van der Waals surface area contributed by atoms with Crippen molar-refractivity contribution in [3.05, 3.63) is 81.8 Å². The first-order chi connectivity index (χ1) is 14.6. The Morgan fingerprint density at radius 3 is 2.40 bits per heavy atom. The summed E-state index contributed by atoms with van der Waals surface area (Å²) in [7, 11) is 1.53. The average molecular weight is 468 g/mol. The van der Waals surface area contributed by atoms with Gasteiger partial charge in [-0.25, -0.2) is 0 Å². The number of rotatable bonds is 5. The molecule has 1 N–H and O–H groups in total. The van der Waals surface area contributed by atoms with Gasteiger partial charge in [0.2, 0.25) is 0 Å². The van der Waals surface area contributed by atoms with E-state index in [1.54, 1.807) is 54.6 Å². The van der Waals surface area contributed by atoms with Crippen molar-refractivity contribution in [1.29, 1.82) is 0 Å². The molecule has 0 saturated heterocycles. The number of nitrogens with one attached hydrogen (secondary N) is 1. The van der Waals surface area contributed by atoms with Gasteiger partial charge in [-0.05, 0) is 36.4 Å². The highest BCUT2D eigenvalue weighted by Crippen LogP contribution is 2.37. The molecule has 6 nitrogen and oxygen atoms in total. The molecule has 0 saturated carbocycles. The van der Waals surface area contributed by atoms with Gasteiger partial charge in [0.25, 0.3) is 5.91 Å². The van der Waals surface area contributed by atoms with Gasteiger partial charge in [-0.15, -0.1) is 0 Å². The van der Waals surface area contributed by atoms with Crippen LogP contribution in [-0.2, 0) is 0 Å². The third kappa shape index (κ3) is 4.02. The first-order valence-corrected chi connectivity index (χ1v) is 10.0. The molecule has 0 aromatic heterocycles. The lowest BCUT2D eigenvalue weighted by atomic mass is 10.0. The highest BCUT2D eigenvalue weighted by atomic mass is 79.9. The molecule has 0 atom stereocenters. The summed E-state index contributed by atoms with van der Waals surface area (Å²) in [6.45, 7) is 0.791. The first-order valence-electron chi connectivity index (χ1n) is 9.25. The topological polar surface area (TPSA) is 73.9 Å². The van der Waals surface area contributed by atoms with E-state index in [1.807, 2.05) is 6.07 Å². The number of hydrogen-bond acceptors (Lipinski definition) is 5. The summed E-state index contributed by atoms with van der Waals surface area (Å²) in [5.41, 5.74) is 1.53. The van der Waals surface area contributed by atoms with Crippen molar-refractivity contribution in [2.45, 2.75) is 0 Å². The summed E-state index contributed by atoms with van der Waals surface area (Å²) in [6, 6.07) is 17.1. The highest BCUT2D eigenvalue weighted by molar-refractivity contribution is 9.10. The molecule has 0 fully saturated rings. The van der Waals surface area contributed by atoms with Crippen molar-refractivity contribution in [2.75, 3.05) is 25.6 Å². The molecule has 0 radical (unpaired) electrons. The van der Waals surface area contributed by atoms with Crippen LogP contribution in [0, 0.1) is 0 Å². The minimum absolute atomic E-state index is 0.250. The van der Waals surface area contributed by atoms with Gasteiger partial charge >= 0.3 is 0 Å². The molecular formula is C23H18BrNO5. The second-order valence-electron chi connectivity index (χ2n) is 6.54. The average Bonchev–Trinajstić information content (AvgIpc) is 2.78. The molecule has 3 aromatic rings. The SMILES string of the molecule is COc1cccc(C(=O)Nc2cc3c(cc2C(=O)c2ccccc2Br)OCCO3)c1. The largest absolute Gasteiger partial charge is 0.497 e. The Hall–Kier alpha value is -3.32. The Bertz CT molecular complexity index is 1130. The van der Waals surface area contributed by atoms with E-state index in [-0.39, 0.29) is 11.7 Å². The minimum Gasteiger partial charge on any atom is -0.497 e. The summed E-state index contributed by atoms with van der Waals surface area (Å²) in [6.07, 6.45) is 0. The first kappa shape index (κ1) is 20.0. The van der Waals surface area contributed by atoms with Crippen LogP contribution in [0.4, 0.5) is 5.69 Å². The van der Waals surface area contributed by atoms with Crippen molar-refractivity contribution in [2.24, 2.45) is 0 Å². The maximum atomic E-state index is 13.3. The van der Waals surface area contributed by atoms with E-state index in [2.05, 4.69) is 21.2 Å². The maximum absolute atomic E-state index is 13.3. The van der Waals surface area contributed by atoms with E-state index in [1.165, 1.54) is 7.11 Å². The number of ketones is 1. The van der Waals surface area contributed by atoms with Crippen LogP contribution in [0.5, 0.6) is 17.2 Å². The zero-order valence-electron chi connectivity index (χ0n) is 16.1. The molecular weight excluding hydrogens is 450 g/mol. The second kappa shape index (κ2) is 8.59. The number of hydrogen-bond donors (Lipinski definition) is 1. The van der Waals surface area contributed by atoms with Gasteiger partial charge in [-0.3, -0.25) is 9.59 Å². The molecule has 0 bridgehead atoms. The summed E-state index contributed by atoms with van der Waals surface area (Å²) >= 11 is 3.42. The number of fused-ring (bicyclic) bond motifs is 1. The zero-order chi connectivity index (χ0) is 21.1. The van der Waals surface area contributed by atoms with Crippen LogP contribution in [0.3, 0.4) is 0 Å². The van der Waals surface area contributed by atoms with Crippen LogP contribution in [0.25, 0.3) is 0 Å². The molecule has 0 aliphatic carbocycles. The summed E-state index contributed by atoms with van der Waals surface area (Å²) < 4.78 is 17.1. The normalized spacial score (nSPS) is 12.2. The summed E-state index contributed by atoms with van der Waals surface area (Å²) in [4.78, 5) is 26.2. The van der Waals surface area contributed by atoms with Gasteiger partial charge in [0.05, 0.1) is 18.4 Å².